The SMILES string of the molecule is CC(O)CCC(=O)NCc1ccccc1Cl. The number of aliphatic hydroxyl groups excluding tert-OH is 1. The fourth-order valence-corrected chi connectivity index (χ4v) is 1.47. The van der Waals surface area contributed by atoms with Crippen molar-refractivity contribution in [2.45, 2.75) is 32.4 Å². The highest BCUT2D eigenvalue weighted by atomic mass is 35.5. The van der Waals surface area contributed by atoms with Gasteiger partial charge < -0.3 is 10.4 Å². The van der Waals surface area contributed by atoms with E-state index in [1.807, 2.05) is 18.2 Å². The van der Waals surface area contributed by atoms with Crippen LogP contribution in [-0.4, -0.2) is 17.1 Å². The van der Waals surface area contributed by atoms with Crippen LogP contribution >= 0.6 is 11.6 Å². The zero-order valence-electron chi connectivity index (χ0n) is 9.24. The van der Waals surface area contributed by atoms with Crippen molar-refractivity contribution < 1.29 is 9.90 Å². The fraction of sp³-hybridized carbons (Fsp3) is 0.417. The molecule has 88 valence electrons. The maximum absolute atomic E-state index is 11.4. The van der Waals surface area contributed by atoms with Gasteiger partial charge in [0.05, 0.1) is 6.10 Å². The molecule has 2 N–H and O–H groups in total. The van der Waals surface area contributed by atoms with Crippen LogP contribution < -0.4 is 5.32 Å². The third-order valence-electron chi connectivity index (χ3n) is 2.22. The lowest BCUT2D eigenvalue weighted by Gasteiger charge is -2.07. The highest BCUT2D eigenvalue weighted by Crippen LogP contribution is 2.14. The van der Waals surface area contributed by atoms with Crippen molar-refractivity contribution in [3.63, 3.8) is 0 Å². The number of benzene rings is 1. The molecule has 0 aliphatic heterocycles. The number of halogens is 1. The summed E-state index contributed by atoms with van der Waals surface area (Å²) in [6, 6.07) is 7.39. The van der Waals surface area contributed by atoms with Crippen LogP contribution in [0, 0.1) is 0 Å². The maximum Gasteiger partial charge on any atom is 0.220 e. The summed E-state index contributed by atoms with van der Waals surface area (Å²) in [5, 5.41) is 12.4. The van der Waals surface area contributed by atoms with Crippen LogP contribution in [0.15, 0.2) is 24.3 Å². The minimum absolute atomic E-state index is 0.0687. The fourth-order valence-electron chi connectivity index (χ4n) is 1.26. The van der Waals surface area contributed by atoms with Gasteiger partial charge in [0, 0.05) is 18.0 Å². The van der Waals surface area contributed by atoms with Gasteiger partial charge in [-0.3, -0.25) is 4.79 Å². The van der Waals surface area contributed by atoms with Crippen LogP contribution in [0.4, 0.5) is 0 Å². The number of rotatable bonds is 5. The second-order valence-corrected chi connectivity index (χ2v) is 4.16. The lowest BCUT2D eigenvalue weighted by molar-refractivity contribution is -0.121. The molecule has 1 aromatic carbocycles. The third-order valence-corrected chi connectivity index (χ3v) is 2.59. The molecule has 0 bridgehead atoms. The van der Waals surface area contributed by atoms with Crippen LogP contribution in [0.5, 0.6) is 0 Å². The van der Waals surface area contributed by atoms with E-state index in [2.05, 4.69) is 5.32 Å². The van der Waals surface area contributed by atoms with Crippen molar-refractivity contribution in [3.05, 3.63) is 34.9 Å². The lowest BCUT2D eigenvalue weighted by Crippen LogP contribution is -2.23. The summed E-state index contributed by atoms with van der Waals surface area (Å²) in [4.78, 5) is 11.4. The molecule has 16 heavy (non-hydrogen) atoms. The highest BCUT2D eigenvalue weighted by molar-refractivity contribution is 6.31. The summed E-state index contributed by atoms with van der Waals surface area (Å²) in [6.45, 7) is 2.10. The Balaban J connectivity index is 2.35. The van der Waals surface area contributed by atoms with Crippen molar-refractivity contribution in [2.24, 2.45) is 0 Å². The smallest absolute Gasteiger partial charge is 0.220 e. The molecule has 0 heterocycles. The van der Waals surface area contributed by atoms with Gasteiger partial charge in [-0.2, -0.15) is 0 Å². The Morgan fingerprint density at radius 2 is 2.19 bits per heavy atom. The van der Waals surface area contributed by atoms with E-state index in [4.69, 9.17) is 16.7 Å². The molecule has 0 radical (unpaired) electrons. The van der Waals surface area contributed by atoms with Gasteiger partial charge in [-0.15, -0.1) is 0 Å². The molecule has 0 saturated carbocycles. The largest absolute Gasteiger partial charge is 0.393 e. The zero-order valence-corrected chi connectivity index (χ0v) is 10.00. The molecule has 4 heteroatoms. The predicted octanol–water partition coefficient (Wildman–Crippen LogP) is 2.12. The molecular formula is C12H16ClNO2. The van der Waals surface area contributed by atoms with E-state index < -0.39 is 6.10 Å². The van der Waals surface area contributed by atoms with Gasteiger partial charge in [-0.25, -0.2) is 0 Å². The minimum Gasteiger partial charge on any atom is -0.393 e. The Morgan fingerprint density at radius 3 is 2.81 bits per heavy atom. The maximum atomic E-state index is 11.4. The molecule has 0 aromatic heterocycles. The molecule has 0 fully saturated rings. The van der Waals surface area contributed by atoms with E-state index in [0.29, 0.717) is 24.4 Å². The van der Waals surface area contributed by atoms with Gasteiger partial charge in [-0.05, 0) is 25.0 Å². The van der Waals surface area contributed by atoms with Gasteiger partial charge in [0.2, 0.25) is 5.91 Å². The third kappa shape index (κ3) is 4.64. The first-order chi connectivity index (χ1) is 7.59. The summed E-state index contributed by atoms with van der Waals surface area (Å²) >= 11 is 5.94. The second-order valence-electron chi connectivity index (χ2n) is 3.76. The first kappa shape index (κ1) is 13.0. The van der Waals surface area contributed by atoms with Crippen molar-refractivity contribution in [1.82, 2.24) is 5.32 Å². The van der Waals surface area contributed by atoms with Gasteiger partial charge in [0.15, 0.2) is 0 Å². The van der Waals surface area contributed by atoms with Crippen molar-refractivity contribution >= 4 is 17.5 Å². The summed E-state index contributed by atoms with van der Waals surface area (Å²) in [7, 11) is 0. The number of hydrogen-bond donors (Lipinski definition) is 2. The van der Waals surface area contributed by atoms with Crippen molar-refractivity contribution in [3.8, 4) is 0 Å². The monoisotopic (exact) mass is 241 g/mol. The standard InChI is InChI=1S/C12H16ClNO2/c1-9(15)6-7-12(16)14-8-10-4-2-3-5-11(10)13/h2-5,9,15H,6-8H2,1H3,(H,14,16). The number of nitrogens with one attached hydrogen (secondary N) is 1. The molecule has 0 aliphatic carbocycles. The van der Waals surface area contributed by atoms with Crippen molar-refractivity contribution in [2.75, 3.05) is 0 Å². The van der Waals surface area contributed by atoms with E-state index in [0.717, 1.165) is 5.56 Å². The molecular weight excluding hydrogens is 226 g/mol. The van der Waals surface area contributed by atoms with Gasteiger partial charge >= 0.3 is 0 Å². The predicted molar refractivity (Wildman–Crippen MR) is 64.2 cm³/mol. The Hall–Kier alpha value is -1.06. The number of amides is 1. The Kier molecular flexibility index (Phi) is 5.29. The Morgan fingerprint density at radius 1 is 1.50 bits per heavy atom. The van der Waals surface area contributed by atoms with Crippen LogP contribution in [0.1, 0.15) is 25.3 Å². The summed E-state index contributed by atoms with van der Waals surface area (Å²) in [5.74, 6) is -0.0687. The van der Waals surface area contributed by atoms with Crippen molar-refractivity contribution in [1.29, 1.82) is 0 Å². The molecule has 1 amide bonds. The Bertz CT molecular complexity index is 353. The highest BCUT2D eigenvalue weighted by Gasteiger charge is 2.05. The normalized spacial score (nSPS) is 12.2. The van der Waals surface area contributed by atoms with Crippen LogP contribution in [0.25, 0.3) is 0 Å². The minimum atomic E-state index is -0.439. The second kappa shape index (κ2) is 6.51. The molecule has 0 spiro atoms. The number of carbonyl (C=O) groups is 1. The first-order valence-corrected chi connectivity index (χ1v) is 5.65. The zero-order chi connectivity index (χ0) is 12.0. The quantitative estimate of drug-likeness (QED) is 0.830. The topological polar surface area (TPSA) is 49.3 Å². The van der Waals surface area contributed by atoms with Crippen LogP contribution in [0.3, 0.4) is 0 Å². The van der Waals surface area contributed by atoms with E-state index in [1.165, 1.54) is 0 Å². The lowest BCUT2D eigenvalue weighted by atomic mass is 10.2. The van der Waals surface area contributed by atoms with Gasteiger partial charge in [0.1, 0.15) is 0 Å². The molecule has 0 aliphatic rings. The van der Waals surface area contributed by atoms with E-state index in [9.17, 15) is 4.79 Å². The molecule has 1 rings (SSSR count). The van der Waals surface area contributed by atoms with Crippen LogP contribution in [-0.2, 0) is 11.3 Å². The number of carbonyl (C=O) groups excluding carboxylic acids is 1. The number of aliphatic hydroxyl groups is 1. The molecule has 3 nitrogen and oxygen atoms in total. The average molecular weight is 242 g/mol. The molecule has 0 saturated heterocycles. The van der Waals surface area contributed by atoms with E-state index in [-0.39, 0.29) is 5.91 Å². The summed E-state index contributed by atoms with van der Waals surface area (Å²) < 4.78 is 0. The van der Waals surface area contributed by atoms with Crippen LogP contribution in [0.2, 0.25) is 5.02 Å². The van der Waals surface area contributed by atoms with E-state index in [1.54, 1.807) is 13.0 Å². The average Bonchev–Trinajstić information content (AvgIpc) is 2.25. The van der Waals surface area contributed by atoms with Gasteiger partial charge in [-0.1, -0.05) is 29.8 Å². The molecule has 1 atom stereocenters. The van der Waals surface area contributed by atoms with Gasteiger partial charge in [0.25, 0.3) is 0 Å². The molecule has 1 aromatic rings. The summed E-state index contributed by atoms with van der Waals surface area (Å²) in [5.41, 5.74) is 0.898. The number of hydrogen-bond acceptors (Lipinski definition) is 2. The Labute approximate surface area is 100 Å². The van der Waals surface area contributed by atoms with E-state index >= 15 is 0 Å². The first-order valence-electron chi connectivity index (χ1n) is 5.27. The summed E-state index contributed by atoms with van der Waals surface area (Å²) in [6.07, 6.45) is 0.377. The molecule has 1 unspecified atom stereocenters.